The van der Waals surface area contributed by atoms with Gasteiger partial charge in [-0.05, 0) is 32.2 Å². The van der Waals surface area contributed by atoms with Gasteiger partial charge in [-0.3, -0.25) is 0 Å². The third-order valence-corrected chi connectivity index (χ3v) is 4.59. The van der Waals surface area contributed by atoms with Crippen molar-refractivity contribution in [3.63, 3.8) is 0 Å². The lowest BCUT2D eigenvalue weighted by atomic mass is 9.84. The van der Waals surface area contributed by atoms with Crippen molar-refractivity contribution >= 4 is 0 Å². The quantitative estimate of drug-likeness (QED) is 0.918. The van der Waals surface area contributed by atoms with E-state index in [4.69, 9.17) is 14.2 Å². The van der Waals surface area contributed by atoms with Gasteiger partial charge in [0, 0.05) is 25.2 Å². The number of hydrogen-bond acceptors (Lipinski definition) is 5. The summed E-state index contributed by atoms with van der Waals surface area (Å²) < 4.78 is 11.0. The van der Waals surface area contributed by atoms with Crippen molar-refractivity contribution in [3.8, 4) is 0 Å². The van der Waals surface area contributed by atoms with Gasteiger partial charge < -0.3 is 14.6 Å². The molecule has 1 aliphatic carbocycles. The molecule has 2 atom stereocenters. The minimum Gasteiger partial charge on any atom is -0.381 e. The zero-order valence-electron chi connectivity index (χ0n) is 12.3. The van der Waals surface area contributed by atoms with Crippen LogP contribution in [0.5, 0.6) is 0 Å². The van der Waals surface area contributed by atoms with E-state index in [9.17, 15) is 0 Å². The molecule has 5 heteroatoms. The van der Waals surface area contributed by atoms with E-state index in [0.29, 0.717) is 17.9 Å². The Morgan fingerprint density at radius 1 is 1.15 bits per heavy atom. The van der Waals surface area contributed by atoms with Gasteiger partial charge in [-0.2, -0.15) is 4.98 Å². The predicted molar refractivity (Wildman–Crippen MR) is 75.8 cm³/mol. The van der Waals surface area contributed by atoms with E-state index < -0.39 is 0 Å². The molecule has 2 unspecified atom stereocenters. The fourth-order valence-corrected chi connectivity index (χ4v) is 3.45. The Bertz CT molecular complexity index is 413. The van der Waals surface area contributed by atoms with Crippen molar-refractivity contribution in [1.29, 1.82) is 0 Å². The molecule has 2 aliphatic rings. The van der Waals surface area contributed by atoms with Crippen LogP contribution in [0.1, 0.15) is 69.0 Å². The standard InChI is InChI=1S/C15H25N3O2/c1-2-16-13-6-4-3-5-12(13)15-17-14(18-20-15)11-7-9-19-10-8-11/h11-13,16H,2-10H2,1H3. The fraction of sp³-hybridized carbons (Fsp3) is 0.867. The monoisotopic (exact) mass is 279 g/mol. The molecule has 2 heterocycles. The maximum absolute atomic E-state index is 5.59. The molecule has 1 aromatic rings. The number of ether oxygens (including phenoxy) is 1. The van der Waals surface area contributed by atoms with Crippen LogP contribution in [0.3, 0.4) is 0 Å². The highest BCUT2D eigenvalue weighted by Crippen LogP contribution is 2.33. The second-order valence-electron chi connectivity index (χ2n) is 5.93. The minimum atomic E-state index is 0.393. The smallest absolute Gasteiger partial charge is 0.231 e. The molecular weight excluding hydrogens is 254 g/mol. The van der Waals surface area contributed by atoms with Gasteiger partial charge in [0.2, 0.25) is 5.89 Å². The first kappa shape index (κ1) is 14.0. The first-order chi connectivity index (χ1) is 9.88. The van der Waals surface area contributed by atoms with Gasteiger partial charge in [-0.1, -0.05) is 24.9 Å². The first-order valence-corrected chi connectivity index (χ1v) is 8.03. The van der Waals surface area contributed by atoms with E-state index in [1.165, 1.54) is 19.3 Å². The van der Waals surface area contributed by atoms with E-state index in [1.54, 1.807) is 0 Å². The molecular formula is C15H25N3O2. The molecule has 1 aliphatic heterocycles. The second-order valence-corrected chi connectivity index (χ2v) is 5.93. The molecule has 0 bridgehead atoms. The van der Waals surface area contributed by atoms with Gasteiger partial charge in [0.05, 0.1) is 5.92 Å². The number of nitrogens with zero attached hydrogens (tertiary/aromatic N) is 2. The van der Waals surface area contributed by atoms with Crippen molar-refractivity contribution < 1.29 is 9.26 Å². The average Bonchev–Trinajstić information content (AvgIpc) is 2.99. The molecule has 3 rings (SSSR count). The maximum Gasteiger partial charge on any atom is 0.231 e. The summed E-state index contributed by atoms with van der Waals surface area (Å²) in [7, 11) is 0. The summed E-state index contributed by atoms with van der Waals surface area (Å²) in [6.45, 7) is 4.80. The Morgan fingerprint density at radius 2 is 1.95 bits per heavy atom. The van der Waals surface area contributed by atoms with Crippen LogP contribution in [0.25, 0.3) is 0 Å². The topological polar surface area (TPSA) is 60.2 Å². The number of hydrogen-bond donors (Lipinski definition) is 1. The van der Waals surface area contributed by atoms with Crippen LogP contribution < -0.4 is 5.32 Å². The largest absolute Gasteiger partial charge is 0.381 e. The van der Waals surface area contributed by atoms with Gasteiger partial charge in [-0.15, -0.1) is 0 Å². The summed E-state index contributed by atoms with van der Waals surface area (Å²) in [4.78, 5) is 4.72. The van der Waals surface area contributed by atoms with Crippen LogP contribution in [0.2, 0.25) is 0 Å². The summed E-state index contributed by atoms with van der Waals surface area (Å²) in [5, 5.41) is 7.81. The minimum absolute atomic E-state index is 0.393. The zero-order chi connectivity index (χ0) is 13.8. The highest BCUT2D eigenvalue weighted by Gasteiger charge is 2.31. The van der Waals surface area contributed by atoms with Crippen molar-refractivity contribution in [2.45, 2.75) is 63.3 Å². The SMILES string of the molecule is CCNC1CCCCC1c1nc(C2CCOCC2)no1. The van der Waals surface area contributed by atoms with Crippen molar-refractivity contribution in [2.24, 2.45) is 0 Å². The van der Waals surface area contributed by atoms with Crippen molar-refractivity contribution in [1.82, 2.24) is 15.5 Å². The normalized spacial score (nSPS) is 28.6. The van der Waals surface area contributed by atoms with Crippen molar-refractivity contribution in [3.05, 3.63) is 11.7 Å². The van der Waals surface area contributed by atoms with Gasteiger partial charge in [-0.25, -0.2) is 0 Å². The predicted octanol–water partition coefficient (Wildman–Crippen LogP) is 2.60. The maximum atomic E-state index is 5.59. The molecule has 2 fully saturated rings. The molecule has 5 nitrogen and oxygen atoms in total. The van der Waals surface area contributed by atoms with E-state index in [-0.39, 0.29) is 0 Å². The summed E-state index contributed by atoms with van der Waals surface area (Å²) in [5.74, 6) is 2.55. The fourth-order valence-electron chi connectivity index (χ4n) is 3.45. The molecule has 20 heavy (non-hydrogen) atoms. The summed E-state index contributed by atoms with van der Waals surface area (Å²) >= 11 is 0. The van der Waals surface area contributed by atoms with E-state index in [0.717, 1.165) is 50.7 Å². The Labute approximate surface area is 120 Å². The first-order valence-electron chi connectivity index (χ1n) is 8.03. The average molecular weight is 279 g/mol. The molecule has 1 N–H and O–H groups in total. The summed E-state index contributed by atoms with van der Waals surface area (Å²) in [5.41, 5.74) is 0. The molecule has 0 aromatic carbocycles. The van der Waals surface area contributed by atoms with Gasteiger partial charge in [0.25, 0.3) is 0 Å². The van der Waals surface area contributed by atoms with Gasteiger partial charge in [0.1, 0.15) is 0 Å². The number of likely N-dealkylation sites (N-methyl/N-ethyl adjacent to an activating group) is 1. The van der Waals surface area contributed by atoms with E-state index in [1.807, 2.05) is 0 Å². The lowest BCUT2D eigenvalue weighted by Gasteiger charge is -2.29. The van der Waals surface area contributed by atoms with Gasteiger partial charge in [0.15, 0.2) is 5.82 Å². The highest BCUT2D eigenvalue weighted by atomic mass is 16.5. The molecule has 0 radical (unpaired) electrons. The summed E-state index contributed by atoms with van der Waals surface area (Å²) in [6.07, 6.45) is 6.97. The number of nitrogens with one attached hydrogen (secondary N) is 1. The zero-order valence-corrected chi connectivity index (χ0v) is 12.3. The molecule has 1 saturated carbocycles. The number of rotatable bonds is 4. The van der Waals surface area contributed by atoms with Crippen LogP contribution in [0, 0.1) is 0 Å². The van der Waals surface area contributed by atoms with Gasteiger partial charge >= 0.3 is 0 Å². The lowest BCUT2D eigenvalue weighted by molar-refractivity contribution is 0.0830. The van der Waals surface area contributed by atoms with Crippen LogP contribution in [0.15, 0.2) is 4.52 Å². The molecule has 0 amide bonds. The molecule has 112 valence electrons. The lowest BCUT2D eigenvalue weighted by Crippen LogP contribution is -2.37. The highest BCUT2D eigenvalue weighted by molar-refractivity contribution is 5.04. The number of aromatic nitrogens is 2. The van der Waals surface area contributed by atoms with Crippen LogP contribution in [-0.4, -0.2) is 35.9 Å². The van der Waals surface area contributed by atoms with E-state index in [2.05, 4.69) is 17.4 Å². The Balaban J connectivity index is 1.70. The van der Waals surface area contributed by atoms with Crippen molar-refractivity contribution in [2.75, 3.05) is 19.8 Å². The summed E-state index contributed by atoms with van der Waals surface area (Å²) in [6, 6.07) is 0.497. The van der Waals surface area contributed by atoms with Crippen LogP contribution >= 0.6 is 0 Å². The third-order valence-electron chi connectivity index (χ3n) is 4.59. The Morgan fingerprint density at radius 3 is 2.75 bits per heavy atom. The Hall–Kier alpha value is -0.940. The second kappa shape index (κ2) is 6.68. The van der Waals surface area contributed by atoms with E-state index >= 15 is 0 Å². The molecule has 1 aromatic heterocycles. The van der Waals surface area contributed by atoms with Crippen LogP contribution in [0.4, 0.5) is 0 Å². The third kappa shape index (κ3) is 3.04. The molecule has 1 saturated heterocycles. The Kier molecular flexibility index (Phi) is 4.68. The molecule has 0 spiro atoms. The van der Waals surface area contributed by atoms with Crippen LogP contribution in [-0.2, 0) is 4.74 Å².